The van der Waals surface area contributed by atoms with Crippen molar-refractivity contribution < 1.29 is 19.1 Å². The minimum atomic E-state index is -0.329. The van der Waals surface area contributed by atoms with Gasteiger partial charge in [0.25, 0.3) is 0 Å². The number of likely N-dealkylation sites (N-methyl/N-ethyl adjacent to an activating group) is 1. The average Bonchev–Trinajstić information content (AvgIpc) is 3.12. The number of rotatable bonds is 8. The van der Waals surface area contributed by atoms with E-state index in [4.69, 9.17) is 4.74 Å². The monoisotopic (exact) mass is 440 g/mol. The normalized spacial score (nSPS) is 21.0. The molecule has 0 unspecified atom stereocenters. The van der Waals surface area contributed by atoms with Crippen molar-refractivity contribution in [3.63, 3.8) is 0 Å². The first-order valence-electron chi connectivity index (χ1n) is 11.7. The standard InChI is InChI=1S/C26H36N2O4/c1-6-22-16(2)19(9-12-23(22)18(4)29)13-14-27-21-10-7-20(8-11-21)25(30)28(5)24-15-32-26(31)17(24)3/h9,12,20-21,27H,6-8,10-11,13-15H2,1-5H3. The van der Waals surface area contributed by atoms with Gasteiger partial charge in [-0.15, -0.1) is 0 Å². The van der Waals surface area contributed by atoms with E-state index in [0.717, 1.165) is 56.2 Å². The first-order valence-corrected chi connectivity index (χ1v) is 11.7. The SMILES string of the molecule is CCc1c(C(C)=O)ccc(CCNC2CCC(C(=O)N(C)C3=C(C)C(=O)OC3)CC2)c1C. The van der Waals surface area contributed by atoms with E-state index >= 15 is 0 Å². The van der Waals surface area contributed by atoms with Crippen molar-refractivity contribution in [2.24, 2.45) is 5.92 Å². The lowest BCUT2D eigenvalue weighted by molar-refractivity contribution is -0.137. The number of carbonyl (C=O) groups is 3. The van der Waals surface area contributed by atoms with E-state index in [1.807, 2.05) is 6.07 Å². The number of esters is 1. The zero-order chi connectivity index (χ0) is 23.4. The number of hydrogen-bond acceptors (Lipinski definition) is 5. The lowest BCUT2D eigenvalue weighted by Crippen LogP contribution is -2.40. The quantitative estimate of drug-likeness (QED) is 0.492. The Bertz CT molecular complexity index is 926. The number of benzene rings is 1. The number of ether oxygens (including phenoxy) is 1. The van der Waals surface area contributed by atoms with Crippen LogP contribution in [0, 0.1) is 12.8 Å². The Kier molecular flexibility index (Phi) is 7.88. The van der Waals surface area contributed by atoms with Crippen LogP contribution < -0.4 is 5.32 Å². The lowest BCUT2D eigenvalue weighted by Gasteiger charge is -2.31. The summed E-state index contributed by atoms with van der Waals surface area (Å²) >= 11 is 0. The maximum absolute atomic E-state index is 12.9. The minimum Gasteiger partial charge on any atom is -0.456 e. The Morgan fingerprint density at radius 2 is 1.84 bits per heavy atom. The highest BCUT2D eigenvalue weighted by Gasteiger charge is 2.32. The maximum Gasteiger partial charge on any atom is 0.336 e. The van der Waals surface area contributed by atoms with Crippen molar-refractivity contribution in [1.29, 1.82) is 0 Å². The third-order valence-corrected chi connectivity index (χ3v) is 7.16. The average molecular weight is 441 g/mol. The molecule has 2 aliphatic rings. The van der Waals surface area contributed by atoms with Gasteiger partial charge in [0.2, 0.25) is 5.91 Å². The molecule has 1 aromatic rings. The van der Waals surface area contributed by atoms with E-state index in [-0.39, 0.29) is 30.2 Å². The summed E-state index contributed by atoms with van der Waals surface area (Å²) in [6.45, 7) is 8.65. The number of Topliss-reactive ketones (excluding diaryl/α,β-unsaturated/α-hetero) is 1. The van der Waals surface area contributed by atoms with E-state index in [1.165, 1.54) is 11.1 Å². The van der Waals surface area contributed by atoms with Crippen LogP contribution in [0.2, 0.25) is 0 Å². The zero-order valence-corrected chi connectivity index (χ0v) is 20.0. The summed E-state index contributed by atoms with van der Waals surface area (Å²) in [6, 6.07) is 4.48. The third-order valence-electron chi connectivity index (χ3n) is 7.16. The number of hydrogen-bond donors (Lipinski definition) is 1. The summed E-state index contributed by atoms with van der Waals surface area (Å²) in [6.07, 6.45) is 5.45. The summed E-state index contributed by atoms with van der Waals surface area (Å²) in [7, 11) is 1.75. The molecule has 0 aromatic heterocycles. The predicted molar refractivity (Wildman–Crippen MR) is 124 cm³/mol. The van der Waals surface area contributed by atoms with Crippen LogP contribution in [0.3, 0.4) is 0 Å². The van der Waals surface area contributed by atoms with Gasteiger partial charge in [-0.1, -0.05) is 19.1 Å². The van der Waals surface area contributed by atoms with E-state index in [0.29, 0.717) is 17.3 Å². The molecule has 32 heavy (non-hydrogen) atoms. The van der Waals surface area contributed by atoms with Crippen LogP contribution in [0.25, 0.3) is 0 Å². The fourth-order valence-electron chi connectivity index (χ4n) is 5.04. The van der Waals surface area contributed by atoms with Gasteiger partial charge in [-0.05, 0) is 82.5 Å². The van der Waals surface area contributed by atoms with E-state index < -0.39 is 0 Å². The molecule has 0 atom stereocenters. The Morgan fingerprint density at radius 3 is 2.41 bits per heavy atom. The molecule has 1 aliphatic carbocycles. The fourth-order valence-corrected chi connectivity index (χ4v) is 5.04. The van der Waals surface area contributed by atoms with Crippen molar-refractivity contribution in [2.45, 2.75) is 72.3 Å². The molecule has 6 heteroatoms. The van der Waals surface area contributed by atoms with Gasteiger partial charge in [0, 0.05) is 24.6 Å². The number of carbonyl (C=O) groups excluding carboxylic acids is 3. The first kappa shape index (κ1) is 24.2. The molecule has 1 heterocycles. The Labute approximate surface area is 191 Å². The molecule has 0 radical (unpaired) electrons. The van der Waals surface area contributed by atoms with Crippen molar-refractivity contribution in [3.05, 3.63) is 45.7 Å². The van der Waals surface area contributed by atoms with Gasteiger partial charge in [0.05, 0.1) is 11.3 Å². The summed E-state index contributed by atoms with van der Waals surface area (Å²) in [5.74, 6) is -0.109. The van der Waals surface area contributed by atoms with E-state index in [1.54, 1.807) is 25.8 Å². The second-order valence-electron chi connectivity index (χ2n) is 9.08. The highest BCUT2D eigenvalue weighted by Crippen LogP contribution is 2.28. The largest absolute Gasteiger partial charge is 0.456 e. The first-order chi connectivity index (χ1) is 15.2. The van der Waals surface area contributed by atoms with Crippen molar-refractivity contribution >= 4 is 17.7 Å². The zero-order valence-electron chi connectivity index (χ0n) is 20.0. The smallest absolute Gasteiger partial charge is 0.336 e. The molecular formula is C26H36N2O4. The highest BCUT2D eigenvalue weighted by atomic mass is 16.5. The van der Waals surface area contributed by atoms with Crippen LogP contribution in [0.1, 0.15) is 73.5 Å². The van der Waals surface area contributed by atoms with E-state index in [2.05, 4.69) is 25.2 Å². The molecule has 1 N–H and O–H groups in total. The molecule has 1 amide bonds. The summed E-state index contributed by atoms with van der Waals surface area (Å²) in [5, 5.41) is 3.66. The van der Waals surface area contributed by atoms with Gasteiger partial charge in [0.1, 0.15) is 6.61 Å². The van der Waals surface area contributed by atoms with Gasteiger partial charge in [-0.3, -0.25) is 9.59 Å². The summed E-state index contributed by atoms with van der Waals surface area (Å²) in [4.78, 5) is 38.0. The Hall–Kier alpha value is -2.47. The number of amides is 1. The van der Waals surface area contributed by atoms with Gasteiger partial charge < -0.3 is 15.0 Å². The Balaban J connectivity index is 1.48. The molecular weight excluding hydrogens is 404 g/mol. The topological polar surface area (TPSA) is 75.7 Å². The van der Waals surface area contributed by atoms with Crippen LogP contribution in [0.15, 0.2) is 23.4 Å². The number of ketones is 1. The fraction of sp³-hybridized carbons (Fsp3) is 0.577. The van der Waals surface area contributed by atoms with Crippen LogP contribution in [-0.4, -0.2) is 48.8 Å². The number of nitrogens with zero attached hydrogens (tertiary/aromatic N) is 1. The van der Waals surface area contributed by atoms with Crippen molar-refractivity contribution in [1.82, 2.24) is 10.2 Å². The third kappa shape index (κ3) is 5.12. The van der Waals surface area contributed by atoms with Crippen molar-refractivity contribution in [2.75, 3.05) is 20.2 Å². The maximum atomic E-state index is 12.9. The molecule has 6 nitrogen and oxygen atoms in total. The lowest BCUT2D eigenvalue weighted by atomic mass is 9.85. The minimum absolute atomic E-state index is 0.00235. The number of nitrogens with one attached hydrogen (secondary N) is 1. The van der Waals surface area contributed by atoms with E-state index in [9.17, 15) is 14.4 Å². The molecule has 0 saturated heterocycles. The highest BCUT2D eigenvalue weighted by molar-refractivity contribution is 5.96. The van der Waals surface area contributed by atoms with Crippen molar-refractivity contribution in [3.8, 4) is 0 Å². The second-order valence-corrected chi connectivity index (χ2v) is 9.08. The van der Waals surface area contributed by atoms with Crippen LogP contribution in [0.4, 0.5) is 0 Å². The molecule has 1 fully saturated rings. The van der Waals surface area contributed by atoms with Crippen LogP contribution in [0.5, 0.6) is 0 Å². The molecule has 174 valence electrons. The molecule has 1 aliphatic heterocycles. The molecule has 1 aromatic carbocycles. The molecule has 1 saturated carbocycles. The predicted octanol–water partition coefficient (Wildman–Crippen LogP) is 3.74. The Morgan fingerprint density at radius 1 is 1.16 bits per heavy atom. The molecule has 3 rings (SSSR count). The second kappa shape index (κ2) is 10.4. The van der Waals surface area contributed by atoms with Crippen LogP contribution >= 0.6 is 0 Å². The number of cyclic esters (lactones) is 1. The molecule has 0 bridgehead atoms. The summed E-state index contributed by atoms with van der Waals surface area (Å²) in [5.41, 5.74) is 5.76. The van der Waals surface area contributed by atoms with Gasteiger partial charge >= 0.3 is 5.97 Å². The molecule has 0 spiro atoms. The van der Waals surface area contributed by atoms with Gasteiger partial charge in [-0.2, -0.15) is 0 Å². The van der Waals surface area contributed by atoms with Gasteiger partial charge in [-0.25, -0.2) is 4.79 Å². The van der Waals surface area contributed by atoms with Crippen LogP contribution in [-0.2, 0) is 27.2 Å². The summed E-state index contributed by atoms with van der Waals surface area (Å²) < 4.78 is 5.04. The van der Waals surface area contributed by atoms with Gasteiger partial charge in [0.15, 0.2) is 5.78 Å².